The first-order chi connectivity index (χ1) is 8.52. The van der Waals surface area contributed by atoms with E-state index in [0.29, 0.717) is 0 Å². The summed E-state index contributed by atoms with van der Waals surface area (Å²) in [4.78, 5) is 10.8. The van der Waals surface area contributed by atoms with E-state index in [2.05, 4.69) is 42.7 Å². The number of carboxylic acid groups (broad SMARTS) is 1. The number of carboxylic acids is 1. The summed E-state index contributed by atoms with van der Waals surface area (Å²) in [7, 11) is 0. The average molecular weight is 245 g/mol. The van der Waals surface area contributed by atoms with Gasteiger partial charge in [0.25, 0.3) is 0 Å². The third kappa shape index (κ3) is 2.26. The number of carbonyl (C=O) groups is 1. The van der Waals surface area contributed by atoms with E-state index >= 15 is 0 Å². The van der Waals surface area contributed by atoms with Gasteiger partial charge in [-0.15, -0.1) is 0 Å². The van der Waals surface area contributed by atoms with Crippen LogP contribution < -0.4 is 0 Å². The summed E-state index contributed by atoms with van der Waals surface area (Å²) in [5.74, 6) is -0.707. The van der Waals surface area contributed by atoms with E-state index in [0.717, 1.165) is 12.2 Å². The maximum Gasteiger partial charge on any atom is 0.304 e. The molecular formula is C15H19NO2. The smallest absolute Gasteiger partial charge is 0.304 e. The lowest BCUT2D eigenvalue weighted by atomic mass is 10.0. The highest BCUT2D eigenvalue weighted by Gasteiger charge is 2.16. The zero-order chi connectivity index (χ0) is 13.3. The molecule has 1 N–H and O–H groups in total. The quantitative estimate of drug-likeness (QED) is 0.895. The summed E-state index contributed by atoms with van der Waals surface area (Å²) < 4.78 is 2.21. The SMILES string of the molecule is CCn1c(C(C)CC(=O)O)cc2cc(C)ccc21. The minimum absolute atomic E-state index is 0.0372. The second kappa shape index (κ2) is 4.84. The lowest BCUT2D eigenvalue weighted by molar-refractivity contribution is -0.137. The Bertz CT molecular complexity index is 583. The van der Waals surface area contributed by atoms with Crippen LogP contribution in [0.15, 0.2) is 24.3 Å². The summed E-state index contributed by atoms with van der Waals surface area (Å²) in [6.07, 6.45) is 0.176. The Balaban J connectivity index is 2.52. The predicted octanol–water partition coefficient (Wildman–Crippen LogP) is 3.55. The van der Waals surface area contributed by atoms with E-state index in [-0.39, 0.29) is 12.3 Å². The Morgan fingerprint density at radius 2 is 2.11 bits per heavy atom. The molecule has 2 aromatic rings. The zero-order valence-corrected chi connectivity index (χ0v) is 11.1. The Kier molecular flexibility index (Phi) is 3.41. The van der Waals surface area contributed by atoms with Gasteiger partial charge in [0.15, 0.2) is 0 Å². The van der Waals surface area contributed by atoms with Gasteiger partial charge >= 0.3 is 5.97 Å². The summed E-state index contributed by atoms with van der Waals surface area (Å²) in [6, 6.07) is 8.49. The molecule has 0 aliphatic carbocycles. The topological polar surface area (TPSA) is 42.2 Å². The van der Waals surface area contributed by atoms with Gasteiger partial charge in [-0.2, -0.15) is 0 Å². The Morgan fingerprint density at radius 1 is 1.39 bits per heavy atom. The van der Waals surface area contributed by atoms with Crippen molar-refractivity contribution in [1.82, 2.24) is 4.57 Å². The van der Waals surface area contributed by atoms with Crippen LogP contribution in [-0.4, -0.2) is 15.6 Å². The van der Waals surface area contributed by atoms with Crippen LogP contribution in [0.25, 0.3) is 10.9 Å². The number of hydrogen-bond acceptors (Lipinski definition) is 1. The van der Waals surface area contributed by atoms with Crippen LogP contribution in [-0.2, 0) is 11.3 Å². The molecule has 96 valence electrons. The number of nitrogens with zero attached hydrogens (tertiary/aromatic N) is 1. The van der Waals surface area contributed by atoms with Crippen LogP contribution in [0.2, 0.25) is 0 Å². The van der Waals surface area contributed by atoms with E-state index in [1.54, 1.807) is 0 Å². The number of rotatable bonds is 4. The van der Waals surface area contributed by atoms with Crippen molar-refractivity contribution in [2.45, 2.75) is 39.7 Å². The largest absolute Gasteiger partial charge is 0.481 e. The summed E-state index contributed by atoms with van der Waals surface area (Å²) in [6.45, 7) is 7.01. The highest BCUT2D eigenvalue weighted by atomic mass is 16.4. The van der Waals surface area contributed by atoms with Crippen LogP contribution in [0.3, 0.4) is 0 Å². The van der Waals surface area contributed by atoms with Gasteiger partial charge in [0.1, 0.15) is 0 Å². The van der Waals surface area contributed by atoms with Crippen LogP contribution >= 0.6 is 0 Å². The lowest BCUT2D eigenvalue weighted by Gasteiger charge is -2.13. The molecule has 2 rings (SSSR count). The third-order valence-corrected chi connectivity index (χ3v) is 3.39. The zero-order valence-electron chi connectivity index (χ0n) is 11.1. The molecule has 0 amide bonds. The van der Waals surface area contributed by atoms with Crippen LogP contribution in [0, 0.1) is 6.92 Å². The van der Waals surface area contributed by atoms with Gasteiger partial charge in [-0.3, -0.25) is 4.79 Å². The monoisotopic (exact) mass is 245 g/mol. The Morgan fingerprint density at radius 3 is 2.72 bits per heavy atom. The molecule has 1 aromatic carbocycles. The first kappa shape index (κ1) is 12.7. The van der Waals surface area contributed by atoms with Crippen LogP contribution in [0.1, 0.15) is 37.4 Å². The molecule has 0 aliphatic heterocycles. The number of fused-ring (bicyclic) bond motifs is 1. The highest BCUT2D eigenvalue weighted by molar-refractivity contribution is 5.82. The Hall–Kier alpha value is -1.77. The standard InChI is InChI=1S/C15H19NO2/c1-4-16-13-6-5-10(2)7-12(13)9-14(16)11(3)8-15(17)18/h5-7,9,11H,4,8H2,1-3H3,(H,17,18). The van der Waals surface area contributed by atoms with Gasteiger partial charge in [-0.05, 0) is 32.0 Å². The van der Waals surface area contributed by atoms with Gasteiger partial charge in [0, 0.05) is 29.1 Å². The molecule has 1 atom stereocenters. The fourth-order valence-electron chi connectivity index (χ4n) is 2.54. The van der Waals surface area contributed by atoms with Gasteiger partial charge < -0.3 is 9.67 Å². The minimum Gasteiger partial charge on any atom is -0.481 e. The predicted molar refractivity (Wildman–Crippen MR) is 73.0 cm³/mol. The van der Waals surface area contributed by atoms with E-state index in [1.807, 2.05) is 6.92 Å². The molecule has 0 saturated heterocycles. The minimum atomic E-state index is -0.744. The number of aryl methyl sites for hydroxylation is 2. The summed E-state index contributed by atoms with van der Waals surface area (Å²) >= 11 is 0. The molecule has 0 saturated carbocycles. The molecule has 18 heavy (non-hydrogen) atoms. The second-order valence-electron chi connectivity index (χ2n) is 4.87. The third-order valence-electron chi connectivity index (χ3n) is 3.39. The van der Waals surface area contributed by atoms with Crippen LogP contribution in [0.5, 0.6) is 0 Å². The van der Waals surface area contributed by atoms with Gasteiger partial charge in [0.05, 0.1) is 6.42 Å². The molecule has 1 aromatic heterocycles. The molecule has 3 heteroatoms. The Labute approximate surface area is 107 Å². The second-order valence-corrected chi connectivity index (χ2v) is 4.87. The first-order valence-corrected chi connectivity index (χ1v) is 6.34. The van der Waals surface area contributed by atoms with E-state index < -0.39 is 5.97 Å². The summed E-state index contributed by atoms with van der Waals surface area (Å²) in [5, 5.41) is 10.1. The number of benzene rings is 1. The lowest BCUT2D eigenvalue weighted by Crippen LogP contribution is -2.08. The van der Waals surface area contributed by atoms with Crippen molar-refractivity contribution in [2.24, 2.45) is 0 Å². The molecule has 1 unspecified atom stereocenters. The van der Waals surface area contributed by atoms with Crippen molar-refractivity contribution >= 4 is 16.9 Å². The maximum absolute atomic E-state index is 10.8. The number of hydrogen-bond donors (Lipinski definition) is 1. The average Bonchev–Trinajstić information content (AvgIpc) is 2.65. The number of aromatic nitrogens is 1. The fraction of sp³-hybridized carbons (Fsp3) is 0.400. The first-order valence-electron chi connectivity index (χ1n) is 6.34. The molecule has 0 radical (unpaired) electrons. The number of aliphatic carboxylic acids is 1. The van der Waals surface area contributed by atoms with Crippen LogP contribution in [0.4, 0.5) is 0 Å². The molecular weight excluding hydrogens is 226 g/mol. The summed E-state index contributed by atoms with van der Waals surface area (Å²) in [5.41, 5.74) is 3.53. The van der Waals surface area contributed by atoms with Crippen molar-refractivity contribution in [1.29, 1.82) is 0 Å². The maximum atomic E-state index is 10.8. The molecule has 0 fully saturated rings. The van der Waals surface area contributed by atoms with Crippen molar-refractivity contribution < 1.29 is 9.90 Å². The van der Waals surface area contributed by atoms with E-state index in [9.17, 15) is 4.79 Å². The molecule has 1 heterocycles. The molecule has 0 aliphatic rings. The molecule has 0 bridgehead atoms. The van der Waals surface area contributed by atoms with Crippen molar-refractivity contribution in [3.05, 3.63) is 35.5 Å². The van der Waals surface area contributed by atoms with Crippen molar-refractivity contribution in [2.75, 3.05) is 0 Å². The van der Waals surface area contributed by atoms with Gasteiger partial charge in [-0.25, -0.2) is 0 Å². The fourth-order valence-corrected chi connectivity index (χ4v) is 2.54. The van der Waals surface area contributed by atoms with Gasteiger partial charge in [0.2, 0.25) is 0 Å². The molecule has 0 spiro atoms. The van der Waals surface area contributed by atoms with E-state index in [4.69, 9.17) is 5.11 Å². The van der Waals surface area contributed by atoms with E-state index in [1.165, 1.54) is 16.5 Å². The van der Waals surface area contributed by atoms with Gasteiger partial charge in [-0.1, -0.05) is 18.6 Å². The van der Waals surface area contributed by atoms with Crippen molar-refractivity contribution in [3.8, 4) is 0 Å². The highest BCUT2D eigenvalue weighted by Crippen LogP contribution is 2.28. The normalized spacial score (nSPS) is 12.8. The van der Waals surface area contributed by atoms with Crippen molar-refractivity contribution in [3.63, 3.8) is 0 Å². The molecule has 3 nitrogen and oxygen atoms in total.